The normalized spacial score (nSPS) is 21.8. The highest BCUT2D eigenvalue weighted by atomic mass is 32.2. The number of hydrogen-bond donors (Lipinski definition) is 3. The Labute approximate surface area is 114 Å². The van der Waals surface area contributed by atoms with Crippen LogP contribution in [0.15, 0.2) is 52.2 Å². The molecule has 1 aliphatic rings. The molecule has 0 saturated heterocycles. The first-order valence-corrected chi connectivity index (χ1v) is 6.91. The Bertz CT molecular complexity index is 687. The Morgan fingerprint density at radius 2 is 2.00 bits per heavy atom. The van der Waals surface area contributed by atoms with Crippen molar-refractivity contribution in [3.8, 4) is 0 Å². The highest BCUT2D eigenvalue weighted by molar-refractivity contribution is 7.89. The maximum Gasteiger partial charge on any atom is 0.296 e. The molecule has 4 N–H and O–H groups in total. The van der Waals surface area contributed by atoms with Gasteiger partial charge in [0.2, 0.25) is 0 Å². The second-order valence-corrected chi connectivity index (χ2v) is 5.62. The Kier molecular flexibility index (Phi) is 3.45. The van der Waals surface area contributed by atoms with Crippen molar-refractivity contribution in [1.82, 2.24) is 10.0 Å². The quantitative estimate of drug-likeness (QED) is 0.656. The van der Waals surface area contributed by atoms with Gasteiger partial charge in [-0.05, 0) is 12.1 Å². The molecule has 20 heavy (non-hydrogen) atoms. The zero-order valence-electron chi connectivity index (χ0n) is 10.1. The Morgan fingerprint density at radius 1 is 1.35 bits per heavy atom. The van der Waals surface area contributed by atoms with Crippen molar-refractivity contribution in [2.24, 2.45) is 10.7 Å². The summed E-state index contributed by atoms with van der Waals surface area (Å²) >= 11 is 0. The van der Waals surface area contributed by atoms with Crippen LogP contribution in [0.3, 0.4) is 0 Å². The van der Waals surface area contributed by atoms with E-state index in [0.717, 1.165) is 6.20 Å². The fourth-order valence-electron chi connectivity index (χ4n) is 1.46. The summed E-state index contributed by atoms with van der Waals surface area (Å²) in [7, 11) is -3.91. The number of amides is 1. The van der Waals surface area contributed by atoms with Crippen LogP contribution in [0, 0.1) is 0 Å². The van der Waals surface area contributed by atoms with Gasteiger partial charge in [0.15, 0.2) is 0 Å². The first kappa shape index (κ1) is 14.0. The molecule has 1 amide bonds. The predicted molar refractivity (Wildman–Crippen MR) is 69.5 cm³/mol. The second-order valence-electron chi connectivity index (χ2n) is 3.94. The molecule has 0 spiro atoms. The molecule has 0 bridgehead atoms. The van der Waals surface area contributed by atoms with Gasteiger partial charge in [-0.25, -0.2) is 12.8 Å². The van der Waals surface area contributed by atoms with Gasteiger partial charge in [0.1, 0.15) is 5.82 Å². The molecule has 1 atom stereocenters. The van der Waals surface area contributed by atoms with E-state index in [0.29, 0.717) is 6.21 Å². The van der Waals surface area contributed by atoms with Crippen molar-refractivity contribution in [3.63, 3.8) is 0 Å². The Morgan fingerprint density at radius 3 is 2.60 bits per heavy atom. The highest BCUT2D eigenvalue weighted by Gasteiger charge is 2.37. The Hall–Kier alpha value is -2.42. The summed E-state index contributed by atoms with van der Waals surface area (Å²) in [5.41, 5.74) is 4.87. The van der Waals surface area contributed by atoms with Gasteiger partial charge < -0.3 is 11.1 Å². The number of hydrogen-bond acceptors (Lipinski definition) is 5. The third kappa shape index (κ3) is 2.77. The number of aliphatic imine (C=N–C) groups is 1. The molecule has 1 unspecified atom stereocenters. The number of alkyl halides is 1. The number of primary amides is 1. The van der Waals surface area contributed by atoms with Crippen molar-refractivity contribution in [2.75, 3.05) is 0 Å². The van der Waals surface area contributed by atoms with E-state index in [1.165, 1.54) is 24.3 Å². The lowest BCUT2D eigenvalue weighted by atomic mass is 10.2. The van der Waals surface area contributed by atoms with Gasteiger partial charge in [0.05, 0.1) is 17.3 Å². The molecule has 7 nitrogen and oxygen atoms in total. The fraction of sp³-hybridized carbons (Fsp3) is 0.0909. The molecule has 106 valence electrons. The lowest BCUT2D eigenvalue weighted by Gasteiger charge is -2.24. The van der Waals surface area contributed by atoms with E-state index < -0.39 is 21.7 Å². The van der Waals surface area contributed by atoms with Crippen molar-refractivity contribution in [1.29, 1.82) is 0 Å². The number of sulfonamides is 1. The van der Waals surface area contributed by atoms with Gasteiger partial charge in [-0.1, -0.05) is 18.2 Å². The average Bonchev–Trinajstić information content (AvgIpc) is 2.39. The molecular weight excluding hydrogens is 287 g/mol. The first-order chi connectivity index (χ1) is 9.33. The van der Waals surface area contributed by atoms with E-state index in [2.05, 4.69) is 9.71 Å². The minimum Gasteiger partial charge on any atom is -0.365 e. The van der Waals surface area contributed by atoms with Crippen LogP contribution >= 0.6 is 0 Å². The number of carbonyl (C=O) groups is 1. The summed E-state index contributed by atoms with van der Waals surface area (Å²) in [5.74, 6) is -4.35. The van der Waals surface area contributed by atoms with Gasteiger partial charge in [0, 0.05) is 0 Å². The van der Waals surface area contributed by atoms with E-state index in [-0.39, 0.29) is 10.7 Å². The van der Waals surface area contributed by atoms with Crippen LogP contribution < -0.4 is 15.8 Å². The monoisotopic (exact) mass is 298 g/mol. The second kappa shape index (κ2) is 4.93. The number of rotatable bonds is 4. The topological polar surface area (TPSA) is 114 Å². The van der Waals surface area contributed by atoms with Crippen LogP contribution in [0.5, 0.6) is 0 Å². The molecule has 0 aromatic heterocycles. The maximum atomic E-state index is 13.9. The maximum absolute atomic E-state index is 13.9. The minimum atomic E-state index is -3.91. The van der Waals surface area contributed by atoms with Crippen LogP contribution in [0.2, 0.25) is 0 Å². The van der Waals surface area contributed by atoms with E-state index in [1.807, 2.05) is 5.32 Å². The minimum absolute atomic E-state index is 0.0132. The van der Waals surface area contributed by atoms with Crippen LogP contribution in [0.25, 0.3) is 0 Å². The standard InChI is InChI=1S/C11H11FN4O3S/c12-11(10(13)17)7-14-6-9(15-11)16-20(18,19)8-4-2-1-3-5-8/h1-7,15-16H,(H2,13,17). The zero-order chi connectivity index (χ0) is 14.8. The van der Waals surface area contributed by atoms with Gasteiger partial charge in [-0.15, -0.1) is 0 Å². The Balaban J connectivity index is 2.22. The molecule has 0 radical (unpaired) electrons. The number of nitrogens with two attached hydrogens (primary N) is 1. The molecule has 0 aliphatic carbocycles. The number of carbonyl (C=O) groups excluding carboxylic acids is 1. The van der Waals surface area contributed by atoms with Crippen molar-refractivity contribution >= 4 is 22.1 Å². The zero-order valence-corrected chi connectivity index (χ0v) is 10.9. The largest absolute Gasteiger partial charge is 0.365 e. The molecule has 0 fully saturated rings. The van der Waals surface area contributed by atoms with Crippen molar-refractivity contribution in [2.45, 2.75) is 10.7 Å². The van der Waals surface area contributed by atoms with Gasteiger partial charge in [-0.3, -0.25) is 14.5 Å². The molecule has 2 rings (SSSR count). The van der Waals surface area contributed by atoms with Gasteiger partial charge in [-0.2, -0.15) is 0 Å². The van der Waals surface area contributed by atoms with Crippen molar-refractivity contribution < 1.29 is 17.6 Å². The molecule has 1 heterocycles. The highest BCUT2D eigenvalue weighted by Crippen LogP contribution is 2.13. The summed E-state index contributed by atoms with van der Waals surface area (Å²) < 4.78 is 40.0. The first-order valence-electron chi connectivity index (χ1n) is 5.43. The summed E-state index contributed by atoms with van der Waals surface area (Å²) in [6.07, 6.45) is 1.68. The summed E-state index contributed by atoms with van der Waals surface area (Å²) in [6.45, 7) is 0. The summed E-state index contributed by atoms with van der Waals surface area (Å²) in [4.78, 5) is 14.4. The fourth-order valence-corrected chi connectivity index (χ4v) is 2.48. The molecule has 1 aromatic rings. The van der Waals surface area contributed by atoms with Crippen LogP contribution in [0.4, 0.5) is 4.39 Å². The van der Waals surface area contributed by atoms with E-state index >= 15 is 0 Å². The third-order valence-electron chi connectivity index (χ3n) is 2.43. The molecular formula is C11H11FN4O3S. The lowest BCUT2D eigenvalue weighted by molar-refractivity contribution is -0.126. The summed E-state index contributed by atoms with van der Waals surface area (Å²) in [5, 5.41) is 2.04. The van der Waals surface area contributed by atoms with E-state index in [9.17, 15) is 17.6 Å². The van der Waals surface area contributed by atoms with E-state index in [4.69, 9.17) is 5.73 Å². The summed E-state index contributed by atoms with van der Waals surface area (Å²) in [6, 6.07) is 7.47. The van der Waals surface area contributed by atoms with Crippen molar-refractivity contribution in [3.05, 3.63) is 42.4 Å². The van der Waals surface area contributed by atoms with Crippen LogP contribution in [-0.2, 0) is 14.8 Å². The number of benzene rings is 1. The SMILES string of the molecule is NC(=O)C1(F)C=NC=C(NS(=O)(=O)c2ccccc2)N1. The molecule has 1 aliphatic heterocycles. The number of halogens is 1. The van der Waals surface area contributed by atoms with Crippen LogP contribution in [-0.4, -0.2) is 26.3 Å². The van der Waals surface area contributed by atoms with Gasteiger partial charge >= 0.3 is 0 Å². The number of nitrogens with one attached hydrogen (secondary N) is 2. The predicted octanol–water partition coefficient (Wildman–Crippen LogP) is -0.411. The smallest absolute Gasteiger partial charge is 0.296 e. The molecule has 1 aromatic carbocycles. The van der Waals surface area contributed by atoms with Crippen LogP contribution in [0.1, 0.15) is 0 Å². The average molecular weight is 298 g/mol. The van der Waals surface area contributed by atoms with E-state index in [1.54, 1.807) is 6.07 Å². The molecule has 9 heteroatoms. The number of nitrogens with zero attached hydrogens (tertiary/aromatic N) is 1. The third-order valence-corrected chi connectivity index (χ3v) is 3.81. The lowest BCUT2D eigenvalue weighted by Crippen LogP contribution is -2.56. The molecule has 0 saturated carbocycles. The van der Waals surface area contributed by atoms with Gasteiger partial charge in [0.25, 0.3) is 21.7 Å².